The van der Waals surface area contributed by atoms with E-state index < -0.39 is 143 Å². The quantitative estimate of drug-likeness (QED) is 0.00956. The molecule has 0 fully saturated rings. The summed E-state index contributed by atoms with van der Waals surface area (Å²) in [6.45, 7) is 38.0. The summed E-state index contributed by atoms with van der Waals surface area (Å²) in [6, 6.07) is 60.5. The second-order valence-electron chi connectivity index (χ2n) is 32.8. The Hall–Kier alpha value is -9.30. The van der Waals surface area contributed by atoms with Crippen molar-refractivity contribution in [1.82, 2.24) is 30.5 Å². The molecule has 7 rings (SSSR count). The van der Waals surface area contributed by atoms with E-state index in [4.69, 9.17) is 88.0 Å². The number of ether oxygens (including phenoxy) is 9. The minimum absolute atomic E-state index is 0.186. The minimum Gasteiger partial charge on any atom is -0.465 e. The van der Waals surface area contributed by atoms with Crippen LogP contribution in [0.4, 0.5) is 0 Å². The highest BCUT2D eigenvalue weighted by Gasteiger charge is 2.34. The van der Waals surface area contributed by atoms with Crippen LogP contribution in [0.2, 0.25) is 0 Å². The molecule has 150 heavy (non-hydrogen) atoms. The van der Waals surface area contributed by atoms with Gasteiger partial charge in [0.05, 0.1) is 85.9 Å². The Balaban J connectivity index is -0.00000165. The van der Waals surface area contributed by atoms with Crippen molar-refractivity contribution in [2.45, 2.75) is 223 Å². The van der Waals surface area contributed by atoms with Crippen molar-refractivity contribution in [1.29, 1.82) is 0 Å². The van der Waals surface area contributed by atoms with Gasteiger partial charge in [-0.3, -0.25) is 75.1 Å². The largest absolute Gasteiger partial charge is 0.465 e. The van der Waals surface area contributed by atoms with Crippen LogP contribution in [0.3, 0.4) is 0 Å². The Morgan fingerprint density at radius 1 is 0.280 bits per heavy atom. The van der Waals surface area contributed by atoms with Gasteiger partial charge in [0.1, 0.15) is 54.4 Å². The van der Waals surface area contributed by atoms with Gasteiger partial charge in [-0.25, -0.2) is 30.5 Å². The number of benzene rings is 7. The molecule has 0 bridgehead atoms. The third-order valence-electron chi connectivity index (χ3n) is 18.1. The van der Waals surface area contributed by atoms with Gasteiger partial charge in [-0.2, -0.15) is 0 Å². The van der Waals surface area contributed by atoms with Crippen LogP contribution in [0.15, 0.2) is 212 Å². The van der Waals surface area contributed by atoms with Gasteiger partial charge >= 0.3 is 76.5 Å². The Kier molecular flexibility index (Phi) is 79.5. The monoisotopic (exact) mass is 2250 g/mol. The smallest absolute Gasteiger partial charge is 0.328 e. The highest BCUT2D eigenvalue weighted by atomic mass is 31.2. The fraction of sp³-hybridized carbons (Fsp3) is 0.495. The van der Waals surface area contributed by atoms with Crippen LogP contribution < -0.4 is 47.7 Å². The summed E-state index contributed by atoms with van der Waals surface area (Å²) in [5.74, 6) is -3.88. The van der Waals surface area contributed by atoms with E-state index in [0.717, 1.165) is 71.5 Å². The van der Waals surface area contributed by atoms with E-state index in [2.05, 4.69) is 46.9 Å². The molecule has 49 heteroatoms. The molecule has 0 heterocycles. The maximum atomic E-state index is 13.4. The van der Waals surface area contributed by atoms with Crippen LogP contribution in [0.1, 0.15) is 162 Å². The van der Waals surface area contributed by atoms with E-state index in [-0.39, 0.29) is 64.2 Å². The molecule has 0 saturated heterocycles. The average Bonchev–Trinajstić information content (AvgIpc) is 0.833. The van der Waals surface area contributed by atoms with Crippen molar-refractivity contribution >= 4 is 106 Å². The number of hydrogen-bond acceptors (Lipinski definition) is 32. The molecule has 0 spiro atoms. The van der Waals surface area contributed by atoms with Gasteiger partial charge in [0.25, 0.3) is 15.0 Å². The van der Waals surface area contributed by atoms with Crippen molar-refractivity contribution in [2.75, 3.05) is 106 Å². The number of nitrogens with one attached hydrogen (secondary N) is 6. The predicted molar refractivity (Wildman–Crippen MR) is 582 cm³/mol. The van der Waals surface area contributed by atoms with E-state index >= 15 is 0 Å². The molecule has 12 unspecified atom stereocenters. The third kappa shape index (κ3) is 81.4. The summed E-state index contributed by atoms with van der Waals surface area (Å²) in [5.41, 5.74) is 23.0. The number of carbonyl (C=O) groups excluding carboxylic acids is 9. The normalized spacial score (nSPS) is 14.5. The SMILES string of the molecule is CCCCC(N)C(=O)OCC.CCOC(=O)C(C)N.CCOC(=O)C(C)NP(C)(=O)NC(C)C(=O)OCC.CCOC(=O)C(C)NP(C)(=O)O.CCOC(=O)C(C)NP(C)(=O)OCc1ccccc1.CCOC(=O)C(Cc1ccccc1)NP(C)(=O)NC(Cc1ccccc1)C(=O)OCC.CCOC(=O)C(N)Cc1ccccc1.CP(=O)(O)O.CP(=O)(O)OCc1ccccc1.CP(=O)(OCc1ccccc1)OCc1ccccc1. The van der Waals surface area contributed by atoms with Gasteiger partial charge in [0, 0.05) is 46.7 Å². The van der Waals surface area contributed by atoms with E-state index in [1.807, 2.05) is 212 Å². The summed E-state index contributed by atoms with van der Waals surface area (Å²) in [6.07, 6.45) is 3.92. The first-order chi connectivity index (χ1) is 70.3. The molecule has 0 aliphatic carbocycles. The fourth-order valence-corrected chi connectivity index (χ4v) is 18.1. The number of hydrogen-bond donors (Lipinski definition) is 13. The first kappa shape index (κ1) is 145. The van der Waals surface area contributed by atoms with Crippen LogP contribution in [-0.4, -0.2) is 234 Å². The van der Waals surface area contributed by atoms with E-state index in [0.29, 0.717) is 58.9 Å². The molecular formula is C101H164N9O33P7. The number of nitrogens with two attached hydrogens (primary N) is 3. The lowest BCUT2D eigenvalue weighted by atomic mass is 10.1. The molecule has 0 aromatic heterocycles. The second kappa shape index (κ2) is 82.3. The molecule has 846 valence electrons. The minimum atomic E-state index is -3.64. The van der Waals surface area contributed by atoms with Gasteiger partial charge in [-0.15, -0.1) is 0 Å². The molecule has 0 amide bonds. The lowest BCUT2D eigenvalue weighted by Gasteiger charge is -2.26. The van der Waals surface area contributed by atoms with Crippen LogP contribution >= 0.6 is 52.7 Å². The Morgan fingerprint density at radius 3 is 0.767 bits per heavy atom. The maximum Gasteiger partial charge on any atom is 0.328 e. The highest BCUT2D eigenvalue weighted by Crippen LogP contribution is 2.46. The molecule has 0 aliphatic heterocycles. The van der Waals surface area contributed by atoms with Crippen molar-refractivity contribution in [2.24, 2.45) is 17.2 Å². The van der Waals surface area contributed by atoms with Crippen molar-refractivity contribution in [3.05, 3.63) is 251 Å². The van der Waals surface area contributed by atoms with Crippen molar-refractivity contribution in [3.8, 4) is 0 Å². The molecule has 0 radical (unpaired) electrons. The topological polar surface area (TPSA) is 624 Å². The maximum absolute atomic E-state index is 13.4. The zero-order valence-electron chi connectivity index (χ0n) is 90.3. The first-order valence-electron chi connectivity index (χ1n) is 48.5. The summed E-state index contributed by atoms with van der Waals surface area (Å²) in [5, 5.41) is 16.0. The Labute approximate surface area is 885 Å². The van der Waals surface area contributed by atoms with Gasteiger partial charge in [0.2, 0.25) is 14.9 Å². The number of unbranched alkanes of at least 4 members (excludes halogenated alkanes) is 1. The number of carbonyl (C=O) groups is 9. The van der Waals surface area contributed by atoms with Crippen LogP contribution in [0, 0.1) is 0 Å². The molecule has 7 aromatic rings. The third-order valence-corrected chi connectivity index (χ3v) is 25.6. The predicted octanol–water partition coefficient (Wildman–Crippen LogP) is 15.3. The van der Waals surface area contributed by atoms with Crippen LogP contribution in [0.5, 0.6) is 0 Å². The summed E-state index contributed by atoms with van der Waals surface area (Å²) >= 11 is 0. The number of rotatable bonds is 51. The van der Waals surface area contributed by atoms with Gasteiger partial charge in [-0.05, 0) is 162 Å². The van der Waals surface area contributed by atoms with Crippen LogP contribution in [-0.2, 0) is 182 Å². The Morgan fingerprint density at radius 2 is 0.507 bits per heavy atom. The van der Waals surface area contributed by atoms with Crippen molar-refractivity contribution < 1.29 is 155 Å². The van der Waals surface area contributed by atoms with Gasteiger partial charge in [-0.1, -0.05) is 232 Å². The molecular weight excluding hydrogens is 2080 g/mol. The molecule has 12 atom stereocenters. The van der Waals surface area contributed by atoms with Gasteiger partial charge < -0.3 is 97.5 Å². The van der Waals surface area contributed by atoms with Crippen LogP contribution in [0.25, 0.3) is 0 Å². The van der Waals surface area contributed by atoms with E-state index in [9.17, 15) is 75.1 Å². The molecule has 16 N–H and O–H groups in total. The second-order valence-corrected chi connectivity index (χ2v) is 47.3. The zero-order valence-corrected chi connectivity index (χ0v) is 96.6. The van der Waals surface area contributed by atoms with Crippen molar-refractivity contribution in [3.63, 3.8) is 0 Å². The zero-order chi connectivity index (χ0) is 115. The summed E-state index contributed by atoms with van der Waals surface area (Å²) in [7, 11) is -22.8. The summed E-state index contributed by atoms with van der Waals surface area (Å²) < 4.78 is 145. The lowest BCUT2D eigenvalue weighted by Crippen LogP contribution is -2.45. The lowest BCUT2D eigenvalue weighted by molar-refractivity contribution is -0.146. The summed E-state index contributed by atoms with van der Waals surface area (Å²) in [4.78, 5) is 136. The standard InChI is InChI=1S/C23H31N2O5P.C15H17O3P.C13H20NO4P.C11H23N2O5P.C11H15NO2.C8H17NO2.C8H11O3P.C6H14NO4P.C5H11NO2.CH5O3P/c1-4-29-22(26)20(16-18-12-8-6-9-13-18)24-31(3,28)25-21(23(27)30-5-2)17-19-14-10-7-11-15-19;1-19(16,17-12-14-8-4-2-5-9-14)18-13-15-10-6-3-7-11-15;1-4-17-13(15)11(2)14-19(3,16)18-10-12-8-6-5-7-9-12;1-6-17-10(14)8(3)12-19(5,16)13-9(4)11(15)18-7-2;1-2-14-11(13)10(12)8-9-6-4-3-5-7-9;1-3-5-6-7(9)8(10)11-4-2;1-12(9,10)11-7-8-5-3-2-4-6-8;1-4-11-6(8)5(2)7-12(3,9)10;1-3-8-5(7)4(2)6;1-5(2,3)4/h6-15,20-21H,4-5,16-17H2,1-3H3,(H2,24,25,28);2-11H,12-13H2,1H3;5-9,11H,4,10H2,1-3H3,(H,14,16);8-9H,6-7H2,1-5H3,(H2,12,13,16);3-7,10H,2,8,12H2,1H3;7H,3-6,9H2,1-2H3;2-6H,7H2,1H3,(H,9,10);5H,4H2,1-3H3,(H2,7,9,10);4H,3,6H2,1-2H3;1H3,(H2,2,3,4). The fourth-order valence-electron chi connectivity index (χ4n) is 11.4. The first-order valence-corrected chi connectivity index (χ1v) is 63.0. The van der Waals surface area contributed by atoms with Gasteiger partial charge in [0.15, 0.2) is 0 Å². The molecule has 42 nitrogen and oxygen atoms in total. The van der Waals surface area contributed by atoms with E-state index in [1.54, 1.807) is 90.0 Å². The molecule has 7 aromatic carbocycles. The molecule has 0 aliphatic rings. The van der Waals surface area contributed by atoms with E-state index in [1.165, 1.54) is 40.2 Å². The molecule has 0 saturated carbocycles. The highest BCUT2D eigenvalue weighted by molar-refractivity contribution is 7.59. The number of esters is 9. The average molecular weight is 2250 g/mol. The Bertz CT molecular complexity index is 5070.